The molecule has 10 rings (SSSR count). The number of aromatic nitrogens is 4. The number of hydrogen-bond donors (Lipinski definition) is 0. The van der Waals surface area contributed by atoms with Gasteiger partial charge in [-0.2, -0.15) is 0 Å². The molecule has 10 aromatic rings. The minimum atomic E-state index is -0.339. The maximum absolute atomic E-state index is 7.05. The van der Waals surface area contributed by atoms with Gasteiger partial charge in [0.25, 0.3) is 6.33 Å². The van der Waals surface area contributed by atoms with Crippen LogP contribution in [0.15, 0.2) is 195 Å². The second-order valence-corrected chi connectivity index (χ2v) is 21.7. The van der Waals surface area contributed by atoms with Crippen molar-refractivity contribution in [1.29, 1.82) is 0 Å². The second kappa shape index (κ2) is 17.2. The standard InChI is InChI=1S/C64H62N4O/c1-61(2,3)48-30-31-65-60(40-48)68-58-29-26-45(44-20-14-11-15-21-44)34-57(58)56-28-27-54(42-59(56)68)69-55-39-51(64(9,10)47-24-18-13-19-25-47)38-53(41-55)67-33-32-66(43-67)52-36-49(62(4,5)6)35-50(37-52)63(7,8)46-22-16-12-17-23-46/h11-42H,1-10H3. The molecule has 0 radical (unpaired) electrons. The fraction of sp³-hybridized carbons (Fsp3) is 0.219. The van der Waals surface area contributed by atoms with Gasteiger partial charge >= 0.3 is 0 Å². The molecule has 69 heavy (non-hydrogen) atoms. The molecular weight excluding hydrogens is 841 g/mol. The van der Waals surface area contributed by atoms with Gasteiger partial charge in [-0.3, -0.25) is 13.7 Å². The Labute approximate surface area is 408 Å². The molecule has 7 aromatic carbocycles. The van der Waals surface area contributed by atoms with Crippen molar-refractivity contribution in [2.75, 3.05) is 0 Å². The summed E-state index contributed by atoms with van der Waals surface area (Å²) in [4.78, 5) is 4.99. The Morgan fingerprint density at radius 1 is 0.464 bits per heavy atom. The number of nitrogens with zero attached hydrogens (tertiary/aromatic N) is 4. The summed E-state index contributed by atoms with van der Waals surface area (Å²) in [7, 11) is 0. The average Bonchev–Trinajstić information content (AvgIpc) is 3.98. The smallest absolute Gasteiger partial charge is 0.268 e. The summed E-state index contributed by atoms with van der Waals surface area (Å²) in [6, 6.07) is 63.3. The van der Waals surface area contributed by atoms with Gasteiger partial charge in [0.1, 0.15) is 17.3 Å². The molecule has 5 nitrogen and oxygen atoms in total. The summed E-state index contributed by atoms with van der Waals surface area (Å²) in [5.74, 6) is 2.35. The first-order valence-corrected chi connectivity index (χ1v) is 24.2. The molecule has 0 saturated carbocycles. The Bertz CT molecular complexity index is 3470. The lowest BCUT2D eigenvalue weighted by Gasteiger charge is -2.30. The van der Waals surface area contributed by atoms with E-state index in [9.17, 15) is 0 Å². The quantitative estimate of drug-likeness (QED) is 0.101. The van der Waals surface area contributed by atoms with Crippen LogP contribution in [0.2, 0.25) is 0 Å². The van der Waals surface area contributed by atoms with E-state index in [-0.39, 0.29) is 21.7 Å². The van der Waals surface area contributed by atoms with Crippen LogP contribution in [0, 0.1) is 6.33 Å². The van der Waals surface area contributed by atoms with E-state index in [1.165, 1.54) is 38.9 Å². The van der Waals surface area contributed by atoms with Crippen LogP contribution in [-0.4, -0.2) is 14.1 Å². The van der Waals surface area contributed by atoms with Gasteiger partial charge in [-0.15, -0.1) is 0 Å². The monoisotopic (exact) mass is 902 g/mol. The first-order valence-electron chi connectivity index (χ1n) is 24.2. The van der Waals surface area contributed by atoms with Crippen LogP contribution in [0.4, 0.5) is 0 Å². The van der Waals surface area contributed by atoms with Gasteiger partial charge in [-0.25, -0.2) is 4.98 Å². The van der Waals surface area contributed by atoms with Crippen LogP contribution in [0.3, 0.4) is 0 Å². The van der Waals surface area contributed by atoms with E-state index < -0.39 is 0 Å². The molecule has 0 spiro atoms. The molecule has 0 fully saturated rings. The zero-order valence-electron chi connectivity index (χ0n) is 41.7. The fourth-order valence-electron chi connectivity index (χ4n) is 9.60. The molecule has 0 aliphatic rings. The molecule has 3 aromatic heterocycles. The third kappa shape index (κ3) is 8.79. The lowest BCUT2D eigenvalue weighted by Crippen LogP contribution is -2.31. The normalized spacial score (nSPS) is 12.5. The van der Waals surface area contributed by atoms with E-state index >= 15 is 0 Å². The van der Waals surface area contributed by atoms with Crippen molar-refractivity contribution in [1.82, 2.24) is 14.1 Å². The molecule has 344 valence electrons. The Morgan fingerprint density at radius 2 is 1.09 bits per heavy atom. The van der Waals surface area contributed by atoms with Gasteiger partial charge in [0.05, 0.1) is 22.4 Å². The molecule has 0 bridgehead atoms. The van der Waals surface area contributed by atoms with E-state index in [4.69, 9.17) is 9.72 Å². The third-order valence-electron chi connectivity index (χ3n) is 14.2. The average molecular weight is 903 g/mol. The molecule has 0 saturated heterocycles. The Hall–Kier alpha value is -7.50. The predicted octanol–water partition coefficient (Wildman–Crippen LogP) is 15.8. The molecule has 0 aliphatic heterocycles. The molecule has 0 atom stereocenters. The third-order valence-corrected chi connectivity index (χ3v) is 14.2. The number of imidazole rings is 1. The zero-order valence-corrected chi connectivity index (χ0v) is 41.7. The number of pyridine rings is 1. The van der Waals surface area contributed by atoms with Crippen molar-refractivity contribution in [3.63, 3.8) is 0 Å². The van der Waals surface area contributed by atoms with Crippen molar-refractivity contribution in [2.45, 2.75) is 90.9 Å². The van der Waals surface area contributed by atoms with Gasteiger partial charge in [0, 0.05) is 46.3 Å². The first kappa shape index (κ1) is 45.3. The zero-order chi connectivity index (χ0) is 48.3. The molecular formula is C64H62N4O. The van der Waals surface area contributed by atoms with E-state index in [1.807, 2.05) is 6.20 Å². The number of ether oxygens (including phenoxy) is 1. The van der Waals surface area contributed by atoms with Gasteiger partial charge in [0.2, 0.25) is 0 Å². The van der Waals surface area contributed by atoms with Gasteiger partial charge < -0.3 is 4.74 Å². The highest BCUT2D eigenvalue weighted by atomic mass is 16.5. The van der Waals surface area contributed by atoms with Crippen LogP contribution in [0.5, 0.6) is 11.5 Å². The highest BCUT2D eigenvalue weighted by molar-refractivity contribution is 6.10. The molecule has 5 heteroatoms. The van der Waals surface area contributed by atoms with Crippen molar-refractivity contribution in [3.8, 4) is 39.8 Å². The van der Waals surface area contributed by atoms with E-state index in [1.54, 1.807) is 0 Å². The predicted molar refractivity (Wildman–Crippen MR) is 285 cm³/mol. The van der Waals surface area contributed by atoms with Crippen LogP contribution in [-0.2, 0) is 21.7 Å². The first-order chi connectivity index (χ1) is 32.9. The highest BCUT2D eigenvalue weighted by Crippen LogP contribution is 2.41. The second-order valence-electron chi connectivity index (χ2n) is 21.7. The summed E-state index contributed by atoms with van der Waals surface area (Å²) in [5, 5.41) is 2.30. The minimum absolute atomic E-state index is 0.0451. The van der Waals surface area contributed by atoms with Crippen LogP contribution < -0.4 is 9.30 Å². The summed E-state index contributed by atoms with van der Waals surface area (Å²) < 4.78 is 13.5. The van der Waals surface area contributed by atoms with Gasteiger partial charge in [0.15, 0.2) is 0 Å². The summed E-state index contributed by atoms with van der Waals surface area (Å²) >= 11 is 0. The van der Waals surface area contributed by atoms with E-state index in [2.05, 4.69) is 278 Å². The fourth-order valence-corrected chi connectivity index (χ4v) is 9.60. The van der Waals surface area contributed by atoms with Crippen molar-refractivity contribution < 1.29 is 9.30 Å². The minimum Gasteiger partial charge on any atom is -0.458 e. The van der Waals surface area contributed by atoms with Crippen LogP contribution in [0.25, 0.3) is 50.1 Å². The van der Waals surface area contributed by atoms with E-state index in [0.717, 1.165) is 56.1 Å². The Balaban J connectivity index is 1.10. The maximum Gasteiger partial charge on any atom is 0.268 e. The Morgan fingerprint density at radius 3 is 1.74 bits per heavy atom. The lowest BCUT2D eigenvalue weighted by atomic mass is 9.75. The molecule has 0 N–H and O–H groups in total. The van der Waals surface area contributed by atoms with E-state index in [0.29, 0.717) is 0 Å². The summed E-state index contributed by atoms with van der Waals surface area (Å²) in [6.07, 6.45) is 9.85. The highest BCUT2D eigenvalue weighted by Gasteiger charge is 2.28. The van der Waals surface area contributed by atoms with Gasteiger partial charge in [-0.1, -0.05) is 172 Å². The molecule has 0 amide bonds. The topological polar surface area (TPSA) is 35.9 Å². The van der Waals surface area contributed by atoms with Gasteiger partial charge in [-0.05, 0) is 122 Å². The largest absolute Gasteiger partial charge is 0.458 e. The van der Waals surface area contributed by atoms with Crippen molar-refractivity contribution >= 4 is 21.8 Å². The summed E-state index contributed by atoms with van der Waals surface area (Å²) in [5.41, 5.74) is 13.2. The number of rotatable bonds is 10. The maximum atomic E-state index is 7.05. The number of hydrogen-bond acceptors (Lipinski definition) is 2. The van der Waals surface area contributed by atoms with Crippen LogP contribution >= 0.6 is 0 Å². The molecule has 0 unspecified atom stereocenters. The lowest BCUT2D eigenvalue weighted by molar-refractivity contribution is -0.599. The van der Waals surface area contributed by atoms with Crippen molar-refractivity contribution in [2.24, 2.45) is 0 Å². The number of benzene rings is 7. The molecule has 3 heterocycles. The molecule has 0 aliphatic carbocycles. The van der Waals surface area contributed by atoms with Crippen LogP contribution in [0.1, 0.15) is 103 Å². The SMILES string of the molecule is CC(C)(C)c1cc(-[n+]2[c-]n(-c3cc(Oc4ccc5c6cc(-c7ccccc7)ccc6n(-c6cc(C(C)(C)C)ccn6)c5c4)cc(C(C)(C)c4ccccc4)c3)cc2)cc(C(C)(C)c2ccccc2)c1. The number of fused-ring (bicyclic) bond motifs is 3. The summed E-state index contributed by atoms with van der Waals surface area (Å²) in [6.45, 7) is 22.8. The van der Waals surface area contributed by atoms with Crippen molar-refractivity contribution in [3.05, 3.63) is 234 Å². The Kier molecular flexibility index (Phi) is 11.3.